The molecule has 0 unspecified atom stereocenters. The normalized spacial score (nSPS) is 14.2. The van der Waals surface area contributed by atoms with Crippen LogP contribution in [0.4, 0.5) is 0 Å². The monoisotopic (exact) mass is 424 g/mol. The van der Waals surface area contributed by atoms with Gasteiger partial charge < -0.3 is 0 Å². The highest BCUT2D eigenvalue weighted by atomic mass is 32.1. The van der Waals surface area contributed by atoms with Gasteiger partial charge in [-0.1, -0.05) is 58.7 Å². The number of rotatable bonds is 15. The molecule has 0 bridgehead atoms. The number of aryl methyl sites for hydroxylation is 1. The summed E-state index contributed by atoms with van der Waals surface area (Å²) in [4.78, 5) is 0. The maximum Gasteiger partial charge on any atom is -0.00611 e. The number of allylic oxidation sites excluding steroid dienone is 10. The third-order valence-corrected chi connectivity index (χ3v) is 6.27. The Balaban J connectivity index is 2.18. The van der Waals surface area contributed by atoms with Gasteiger partial charge >= 0.3 is 0 Å². The summed E-state index contributed by atoms with van der Waals surface area (Å²) in [6.07, 6.45) is 25.9. The van der Waals surface area contributed by atoms with Crippen molar-refractivity contribution in [2.45, 2.75) is 98.8 Å². The molecule has 0 amide bonds. The molecule has 0 aliphatic heterocycles. The molecule has 0 radical (unpaired) electrons. The Morgan fingerprint density at radius 1 is 0.700 bits per heavy atom. The van der Waals surface area contributed by atoms with Crippen LogP contribution >= 0.6 is 11.3 Å². The van der Waals surface area contributed by atoms with Crippen molar-refractivity contribution < 1.29 is 0 Å². The first kappa shape index (κ1) is 26.4. The minimum absolute atomic E-state index is 1.17. The quantitative estimate of drug-likeness (QED) is 0.246. The maximum atomic E-state index is 2.44. The van der Waals surface area contributed by atoms with Crippen LogP contribution in [0.25, 0.3) is 0 Å². The predicted octanol–water partition coefficient (Wildman–Crippen LogP) is 10.2. The minimum atomic E-state index is 1.17. The van der Waals surface area contributed by atoms with E-state index < -0.39 is 0 Å². The van der Waals surface area contributed by atoms with E-state index in [9.17, 15) is 0 Å². The van der Waals surface area contributed by atoms with Gasteiger partial charge in [-0.2, -0.15) is 11.3 Å². The minimum Gasteiger partial charge on any atom is -0.152 e. The number of hydrogen-bond acceptors (Lipinski definition) is 1. The fraction of sp³-hybridized carbons (Fsp3) is 0.517. The molecular formula is C29H44S. The molecule has 0 saturated carbocycles. The average Bonchev–Trinajstić information content (AvgIpc) is 3.22. The lowest BCUT2D eigenvalue weighted by atomic mass is 10.0. The summed E-state index contributed by atoms with van der Waals surface area (Å²) in [7, 11) is 0. The van der Waals surface area contributed by atoms with Crippen LogP contribution < -0.4 is 0 Å². The molecule has 0 N–H and O–H groups in total. The lowest BCUT2D eigenvalue weighted by Crippen LogP contribution is -1.83. The van der Waals surface area contributed by atoms with Crippen LogP contribution in [0.5, 0.6) is 0 Å². The maximum absolute atomic E-state index is 2.44. The molecule has 1 heterocycles. The third-order valence-electron chi connectivity index (χ3n) is 5.54. The Morgan fingerprint density at radius 2 is 1.17 bits per heavy atom. The second kappa shape index (κ2) is 17.1. The van der Waals surface area contributed by atoms with Crippen molar-refractivity contribution in [1.82, 2.24) is 0 Å². The molecule has 166 valence electrons. The van der Waals surface area contributed by atoms with Gasteiger partial charge in [0.1, 0.15) is 0 Å². The smallest absolute Gasteiger partial charge is 0.00611 e. The van der Waals surface area contributed by atoms with Crippen molar-refractivity contribution in [2.75, 3.05) is 0 Å². The van der Waals surface area contributed by atoms with Crippen LogP contribution in [0.2, 0.25) is 0 Å². The van der Waals surface area contributed by atoms with Gasteiger partial charge in [0.2, 0.25) is 0 Å². The first-order chi connectivity index (χ1) is 14.5. The highest BCUT2D eigenvalue weighted by Gasteiger charge is 1.95. The molecule has 0 aromatic carbocycles. The Morgan fingerprint density at radius 3 is 1.60 bits per heavy atom. The van der Waals surface area contributed by atoms with E-state index in [4.69, 9.17) is 0 Å². The molecule has 1 heteroatoms. The van der Waals surface area contributed by atoms with E-state index in [2.05, 4.69) is 87.9 Å². The summed E-state index contributed by atoms with van der Waals surface area (Å²) >= 11 is 1.79. The van der Waals surface area contributed by atoms with Crippen molar-refractivity contribution in [3.05, 3.63) is 81.1 Å². The Kier molecular flexibility index (Phi) is 15.1. The second-order valence-electron chi connectivity index (χ2n) is 8.60. The zero-order valence-corrected chi connectivity index (χ0v) is 21.0. The number of thiophene rings is 1. The fourth-order valence-corrected chi connectivity index (χ4v) is 4.15. The van der Waals surface area contributed by atoms with Crippen LogP contribution in [0.3, 0.4) is 0 Å². The lowest BCUT2D eigenvalue weighted by Gasteiger charge is -2.03. The summed E-state index contributed by atoms with van der Waals surface area (Å²) in [5, 5.41) is 4.43. The second-order valence-corrected chi connectivity index (χ2v) is 9.38. The molecule has 0 spiro atoms. The molecule has 0 aliphatic rings. The van der Waals surface area contributed by atoms with E-state index in [0.29, 0.717) is 0 Å². The van der Waals surface area contributed by atoms with Crippen molar-refractivity contribution in [1.29, 1.82) is 0 Å². The average molecular weight is 425 g/mol. The van der Waals surface area contributed by atoms with E-state index in [-0.39, 0.29) is 0 Å². The highest BCUT2D eigenvalue weighted by Crippen LogP contribution is 2.15. The molecule has 0 saturated heterocycles. The van der Waals surface area contributed by atoms with Gasteiger partial charge in [0.15, 0.2) is 0 Å². The summed E-state index contributed by atoms with van der Waals surface area (Å²) < 4.78 is 0. The summed E-state index contributed by atoms with van der Waals surface area (Å²) in [5.41, 5.74) is 7.59. The zero-order chi connectivity index (χ0) is 22.0. The molecule has 30 heavy (non-hydrogen) atoms. The fourth-order valence-electron chi connectivity index (χ4n) is 3.44. The van der Waals surface area contributed by atoms with Gasteiger partial charge in [0, 0.05) is 0 Å². The molecule has 1 rings (SSSR count). The van der Waals surface area contributed by atoms with E-state index in [1.165, 1.54) is 92.1 Å². The van der Waals surface area contributed by atoms with Gasteiger partial charge in [-0.3, -0.25) is 0 Å². The van der Waals surface area contributed by atoms with E-state index in [0.717, 1.165) is 0 Å². The molecule has 0 atom stereocenters. The number of hydrogen-bond donors (Lipinski definition) is 0. The van der Waals surface area contributed by atoms with Gasteiger partial charge in [0.05, 0.1) is 0 Å². The van der Waals surface area contributed by atoms with Crippen LogP contribution in [0, 0.1) is 0 Å². The van der Waals surface area contributed by atoms with E-state index >= 15 is 0 Å². The molecule has 1 aromatic heterocycles. The van der Waals surface area contributed by atoms with Gasteiger partial charge in [-0.05, 0) is 121 Å². The summed E-state index contributed by atoms with van der Waals surface area (Å²) in [5.74, 6) is 0. The Labute approximate surface area is 191 Å². The molecule has 0 nitrogen and oxygen atoms in total. The van der Waals surface area contributed by atoms with Crippen molar-refractivity contribution >= 4 is 11.3 Å². The standard InChI is InChI=1S/C29H44S/c1-6-7-8-13-25(2)14-9-15-26(3)16-10-17-27(4)18-11-19-28(5)20-12-21-29-22-23-30-24-29/h6-7,14,16,18,20,22-24H,8-13,15,17,19,21H2,1-5H3/b7-6+,25-14+,26-16+,27-18+,28-20+. The summed E-state index contributed by atoms with van der Waals surface area (Å²) in [6.45, 7) is 11.2. The first-order valence-corrected chi connectivity index (χ1v) is 12.7. The van der Waals surface area contributed by atoms with Crippen molar-refractivity contribution in [3.8, 4) is 0 Å². The van der Waals surface area contributed by atoms with Crippen molar-refractivity contribution in [3.63, 3.8) is 0 Å². The van der Waals surface area contributed by atoms with Crippen LogP contribution in [-0.2, 0) is 6.42 Å². The van der Waals surface area contributed by atoms with E-state index in [1.807, 2.05) is 0 Å². The predicted molar refractivity (Wildman–Crippen MR) is 139 cm³/mol. The topological polar surface area (TPSA) is 0 Å². The molecule has 0 fully saturated rings. The zero-order valence-electron chi connectivity index (χ0n) is 20.2. The van der Waals surface area contributed by atoms with Gasteiger partial charge in [-0.25, -0.2) is 0 Å². The summed E-state index contributed by atoms with van der Waals surface area (Å²) in [6, 6.07) is 2.24. The SMILES string of the molecule is C/C=C/CC/C(C)=C/CC/C(C)=C/CC/C(C)=C/CC/C(C)=C/CCc1ccsc1. The third kappa shape index (κ3) is 14.4. The lowest BCUT2D eigenvalue weighted by molar-refractivity contribution is 0.888. The van der Waals surface area contributed by atoms with Crippen molar-refractivity contribution in [2.24, 2.45) is 0 Å². The molecular weight excluding hydrogens is 380 g/mol. The van der Waals surface area contributed by atoms with Gasteiger partial charge in [0.25, 0.3) is 0 Å². The Hall–Kier alpha value is -1.60. The first-order valence-electron chi connectivity index (χ1n) is 11.8. The highest BCUT2D eigenvalue weighted by molar-refractivity contribution is 7.07. The van der Waals surface area contributed by atoms with Crippen LogP contribution in [0.15, 0.2) is 75.6 Å². The molecule has 1 aromatic rings. The van der Waals surface area contributed by atoms with Gasteiger partial charge in [-0.15, -0.1) is 0 Å². The largest absolute Gasteiger partial charge is 0.152 e. The molecule has 0 aliphatic carbocycles. The van der Waals surface area contributed by atoms with Crippen LogP contribution in [-0.4, -0.2) is 0 Å². The Bertz CT molecular complexity index is 708. The van der Waals surface area contributed by atoms with Crippen LogP contribution in [0.1, 0.15) is 98.0 Å². The van der Waals surface area contributed by atoms with E-state index in [1.54, 1.807) is 11.3 Å².